The van der Waals surface area contributed by atoms with E-state index in [1.54, 1.807) is 0 Å². The van der Waals surface area contributed by atoms with E-state index >= 15 is 0 Å². The van der Waals surface area contributed by atoms with Crippen molar-refractivity contribution in [1.29, 1.82) is 0 Å². The van der Waals surface area contributed by atoms with Crippen molar-refractivity contribution in [3.05, 3.63) is 48.0 Å². The number of hydrogen-bond acceptors (Lipinski definition) is 3. The molecule has 0 aliphatic carbocycles. The number of aryl methyl sites for hydroxylation is 1. The second kappa shape index (κ2) is 7.00. The molecule has 1 aromatic carbocycles. The van der Waals surface area contributed by atoms with Gasteiger partial charge in [0.2, 0.25) is 5.91 Å². The van der Waals surface area contributed by atoms with Gasteiger partial charge >= 0.3 is 0 Å². The van der Waals surface area contributed by atoms with E-state index in [2.05, 4.69) is 43.6 Å². The molecule has 5 heteroatoms. The second-order valence-electron chi connectivity index (χ2n) is 7.22. The van der Waals surface area contributed by atoms with Gasteiger partial charge in [0, 0.05) is 31.9 Å². The fourth-order valence-electron chi connectivity index (χ4n) is 4.14. The van der Waals surface area contributed by atoms with Crippen LogP contribution in [0.5, 0.6) is 0 Å². The third-order valence-corrected chi connectivity index (χ3v) is 5.45. The summed E-state index contributed by atoms with van der Waals surface area (Å²) in [4.78, 5) is 21.6. The molecule has 2 aromatic rings. The number of para-hydroxylation sites is 1. The molecule has 1 atom stereocenters. The van der Waals surface area contributed by atoms with Crippen molar-refractivity contribution < 1.29 is 4.79 Å². The Bertz CT molecular complexity index is 733. The minimum atomic E-state index is 0.173. The molecular formula is C20H26N4O. The maximum Gasteiger partial charge on any atom is 0.227 e. The molecule has 1 aromatic heterocycles. The smallest absolute Gasteiger partial charge is 0.227 e. The van der Waals surface area contributed by atoms with Gasteiger partial charge in [-0.3, -0.25) is 14.3 Å². The van der Waals surface area contributed by atoms with Crippen LogP contribution in [0.2, 0.25) is 0 Å². The first-order valence-corrected chi connectivity index (χ1v) is 9.32. The van der Waals surface area contributed by atoms with Gasteiger partial charge in [-0.15, -0.1) is 0 Å². The maximum absolute atomic E-state index is 12.6. The zero-order valence-corrected chi connectivity index (χ0v) is 14.9. The van der Waals surface area contributed by atoms with Crippen molar-refractivity contribution in [2.75, 3.05) is 26.2 Å². The minimum absolute atomic E-state index is 0.173. The van der Waals surface area contributed by atoms with E-state index in [1.807, 2.05) is 19.2 Å². The van der Waals surface area contributed by atoms with Crippen LogP contribution >= 0.6 is 0 Å². The first-order chi connectivity index (χ1) is 12.2. The Hall–Kier alpha value is -2.14. The third kappa shape index (κ3) is 3.33. The summed E-state index contributed by atoms with van der Waals surface area (Å²) < 4.78 is 2.22. The Balaban J connectivity index is 1.44. The molecule has 0 N–H and O–H groups in total. The molecule has 0 radical (unpaired) electrons. The summed E-state index contributed by atoms with van der Waals surface area (Å²) in [5.74, 6) is 1.55. The van der Waals surface area contributed by atoms with Crippen LogP contribution < -0.4 is 0 Å². The Morgan fingerprint density at radius 1 is 1.16 bits per heavy atom. The zero-order valence-electron chi connectivity index (χ0n) is 14.9. The standard InChI is InChI=1S/C20H26N4O/c1-16-21-13-19(24(16)18-7-3-2-4-8-18)15-22-12-9-17(14-22)20(25)23-10-5-6-11-23/h2-4,7-8,13,17H,5-6,9-12,14-15H2,1H3. The van der Waals surface area contributed by atoms with Crippen LogP contribution in [0.3, 0.4) is 0 Å². The highest BCUT2D eigenvalue weighted by atomic mass is 16.2. The number of nitrogens with zero attached hydrogens (tertiary/aromatic N) is 4. The molecule has 0 saturated carbocycles. The molecule has 25 heavy (non-hydrogen) atoms. The normalized spacial score (nSPS) is 21.2. The average molecular weight is 338 g/mol. The molecule has 2 aliphatic rings. The first kappa shape index (κ1) is 16.3. The average Bonchev–Trinajstić information content (AvgIpc) is 3.37. The van der Waals surface area contributed by atoms with Crippen LogP contribution in [-0.2, 0) is 11.3 Å². The number of imidazole rings is 1. The second-order valence-corrected chi connectivity index (χ2v) is 7.22. The molecule has 2 fully saturated rings. The van der Waals surface area contributed by atoms with E-state index in [-0.39, 0.29) is 5.92 Å². The minimum Gasteiger partial charge on any atom is -0.342 e. The van der Waals surface area contributed by atoms with Gasteiger partial charge < -0.3 is 4.90 Å². The zero-order chi connectivity index (χ0) is 17.2. The topological polar surface area (TPSA) is 41.4 Å². The predicted molar refractivity (Wildman–Crippen MR) is 97.5 cm³/mol. The van der Waals surface area contributed by atoms with E-state index in [0.29, 0.717) is 5.91 Å². The van der Waals surface area contributed by atoms with Gasteiger partial charge in [0.1, 0.15) is 5.82 Å². The van der Waals surface area contributed by atoms with E-state index in [0.717, 1.165) is 63.5 Å². The van der Waals surface area contributed by atoms with Gasteiger partial charge in [0.15, 0.2) is 0 Å². The molecule has 132 valence electrons. The summed E-state index contributed by atoms with van der Waals surface area (Å²) >= 11 is 0. The summed E-state index contributed by atoms with van der Waals surface area (Å²) in [6.07, 6.45) is 5.28. The quantitative estimate of drug-likeness (QED) is 0.860. The highest BCUT2D eigenvalue weighted by Crippen LogP contribution is 2.24. The molecule has 2 saturated heterocycles. The number of rotatable bonds is 4. The van der Waals surface area contributed by atoms with E-state index < -0.39 is 0 Å². The van der Waals surface area contributed by atoms with Crippen LogP contribution in [0.1, 0.15) is 30.8 Å². The van der Waals surface area contributed by atoms with Crippen molar-refractivity contribution >= 4 is 5.91 Å². The molecule has 2 aliphatic heterocycles. The lowest BCUT2D eigenvalue weighted by Gasteiger charge is -2.21. The number of carbonyl (C=O) groups is 1. The van der Waals surface area contributed by atoms with Gasteiger partial charge in [-0.2, -0.15) is 0 Å². The lowest BCUT2D eigenvalue weighted by Crippen LogP contribution is -2.35. The van der Waals surface area contributed by atoms with Gasteiger partial charge in [0.05, 0.1) is 17.8 Å². The molecule has 0 spiro atoms. The Kier molecular flexibility index (Phi) is 4.57. The fourth-order valence-corrected chi connectivity index (χ4v) is 4.14. The highest BCUT2D eigenvalue weighted by Gasteiger charge is 2.32. The lowest BCUT2D eigenvalue weighted by atomic mass is 10.1. The van der Waals surface area contributed by atoms with Gasteiger partial charge in [-0.1, -0.05) is 18.2 Å². The third-order valence-electron chi connectivity index (χ3n) is 5.45. The predicted octanol–water partition coefficient (Wildman–Crippen LogP) is 2.63. The van der Waals surface area contributed by atoms with E-state index in [9.17, 15) is 4.79 Å². The molecule has 3 heterocycles. The van der Waals surface area contributed by atoms with Crippen LogP contribution in [0.4, 0.5) is 0 Å². The molecule has 1 unspecified atom stereocenters. The summed E-state index contributed by atoms with van der Waals surface area (Å²) in [6, 6.07) is 10.4. The van der Waals surface area contributed by atoms with Gasteiger partial charge in [-0.25, -0.2) is 4.98 Å². The molecular weight excluding hydrogens is 312 g/mol. The number of likely N-dealkylation sites (tertiary alicyclic amines) is 2. The molecule has 1 amide bonds. The summed E-state index contributed by atoms with van der Waals surface area (Å²) in [7, 11) is 0. The Morgan fingerprint density at radius 2 is 1.92 bits per heavy atom. The van der Waals surface area contributed by atoms with Crippen molar-refractivity contribution in [2.45, 2.75) is 32.7 Å². The van der Waals surface area contributed by atoms with Crippen LogP contribution in [0.15, 0.2) is 36.5 Å². The van der Waals surface area contributed by atoms with Crippen molar-refractivity contribution in [2.24, 2.45) is 5.92 Å². The van der Waals surface area contributed by atoms with Crippen molar-refractivity contribution in [1.82, 2.24) is 19.4 Å². The number of hydrogen-bond donors (Lipinski definition) is 0. The van der Waals surface area contributed by atoms with E-state index in [1.165, 1.54) is 5.69 Å². The van der Waals surface area contributed by atoms with Crippen molar-refractivity contribution in [3.8, 4) is 5.69 Å². The summed E-state index contributed by atoms with van der Waals surface area (Å²) in [5, 5.41) is 0. The van der Waals surface area contributed by atoms with Crippen molar-refractivity contribution in [3.63, 3.8) is 0 Å². The molecule has 0 bridgehead atoms. The number of benzene rings is 1. The molecule has 4 rings (SSSR count). The Labute approximate surface area is 149 Å². The lowest BCUT2D eigenvalue weighted by molar-refractivity contribution is -0.134. The number of aromatic nitrogens is 2. The highest BCUT2D eigenvalue weighted by molar-refractivity contribution is 5.79. The summed E-state index contributed by atoms with van der Waals surface area (Å²) in [6.45, 7) is 6.65. The number of amides is 1. The fraction of sp³-hybridized carbons (Fsp3) is 0.500. The van der Waals surface area contributed by atoms with Gasteiger partial charge in [-0.05, 0) is 44.9 Å². The molecule has 5 nitrogen and oxygen atoms in total. The van der Waals surface area contributed by atoms with Gasteiger partial charge in [0.25, 0.3) is 0 Å². The van der Waals surface area contributed by atoms with Crippen LogP contribution in [0.25, 0.3) is 5.69 Å². The monoisotopic (exact) mass is 338 g/mol. The van der Waals surface area contributed by atoms with Crippen LogP contribution in [-0.4, -0.2) is 51.4 Å². The first-order valence-electron chi connectivity index (χ1n) is 9.32. The maximum atomic E-state index is 12.6. The van der Waals surface area contributed by atoms with E-state index in [4.69, 9.17) is 0 Å². The van der Waals surface area contributed by atoms with Crippen LogP contribution in [0, 0.1) is 12.8 Å². The summed E-state index contributed by atoms with van der Waals surface area (Å²) in [5.41, 5.74) is 2.34. The Morgan fingerprint density at radius 3 is 2.68 bits per heavy atom. The SMILES string of the molecule is Cc1ncc(CN2CCC(C(=O)N3CCCC3)C2)n1-c1ccccc1. The largest absolute Gasteiger partial charge is 0.342 e. The number of carbonyl (C=O) groups excluding carboxylic acids is 1.